The lowest BCUT2D eigenvalue weighted by atomic mass is 9.88. The third kappa shape index (κ3) is 30.6. The maximum absolute atomic E-state index is 13.8. The molecule has 0 saturated carbocycles. The van der Waals surface area contributed by atoms with Gasteiger partial charge in [0.2, 0.25) is 23.6 Å². The molecule has 692 valence electrons. The van der Waals surface area contributed by atoms with Gasteiger partial charge in [-0.25, -0.2) is 4.79 Å². The van der Waals surface area contributed by atoms with Crippen LogP contribution in [0.3, 0.4) is 0 Å². The first-order valence-electron chi connectivity index (χ1n) is 42.6. The normalized spacial score (nSPS) is 36.2. The third-order valence-electron chi connectivity index (χ3n) is 22.6. The molecule has 6 aliphatic rings. The smallest absolute Gasteiger partial charge is 0.364 e. The summed E-state index contributed by atoms with van der Waals surface area (Å²) in [6, 6.07) is -6.68. The van der Waals surface area contributed by atoms with E-state index in [1.807, 2.05) is 6.08 Å². The summed E-state index contributed by atoms with van der Waals surface area (Å²) in [4.78, 5) is 65.6. The Hall–Kier alpha value is -4.11. The molecule has 4 amide bonds. The van der Waals surface area contributed by atoms with E-state index in [-0.39, 0.29) is 12.3 Å². The number of aliphatic hydroxyl groups is 18. The molecule has 119 heavy (non-hydrogen) atoms. The maximum Gasteiger partial charge on any atom is 0.364 e. The summed E-state index contributed by atoms with van der Waals surface area (Å²) in [5.41, 5.74) is 0. The van der Waals surface area contributed by atoms with Crippen molar-refractivity contribution in [2.75, 3.05) is 46.2 Å². The quantitative estimate of drug-likeness (QED) is 0.0205. The summed E-state index contributed by atoms with van der Waals surface area (Å²) < 4.78 is 72.2. The first-order chi connectivity index (χ1) is 56.9. The number of carbonyl (C=O) groups excluding carboxylic acids is 4. The zero-order valence-electron chi connectivity index (χ0n) is 69.1. The molecule has 6 saturated heterocycles. The van der Waals surface area contributed by atoms with Gasteiger partial charge in [-0.1, -0.05) is 167 Å². The molecule has 33 atom stereocenters. The number of ether oxygens (including phenoxy) is 12. The van der Waals surface area contributed by atoms with Gasteiger partial charge in [-0.3, -0.25) is 19.2 Å². The number of carboxylic acid groups (broad SMARTS) is 1. The van der Waals surface area contributed by atoms with Crippen LogP contribution < -0.4 is 21.3 Å². The lowest BCUT2D eigenvalue weighted by molar-refractivity contribution is -0.400. The van der Waals surface area contributed by atoms with Crippen molar-refractivity contribution in [2.45, 2.75) is 410 Å². The van der Waals surface area contributed by atoms with Crippen LogP contribution in [0.2, 0.25) is 0 Å². The highest BCUT2D eigenvalue weighted by Gasteiger charge is 2.63. The van der Waals surface area contributed by atoms with Crippen LogP contribution >= 0.6 is 0 Å². The lowest BCUT2D eigenvalue weighted by Gasteiger charge is -2.53. The van der Waals surface area contributed by atoms with Crippen molar-refractivity contribution >= 4 is 29.6 Å². The monoisotopic (exact) mass is 1720 g/mol. The number of hydrogen-bond donors (Lipinski definition) is 23. The maximum atomic E-state index is 13.8. The molecule has 0 aromatic rings. The Balaban J connectivity index is 1.19. The molecule has 0 aliphatic carbocycles. The molecule has 0 aromatic carbocycles. The van der Waals surface area contributed by atoms with Crippen LogP contribution in [0.15, 0.2) is 12.2 Å². The van der Waals surface area contributed by atoms with Crippen LogP contribution in [0.5, 0.6) is 0 Å². The van der Waals surface area contributed by atoms with Crippen LogP contribution in [-0.2, 0) is 80.8 Å². The molecule has 6 heterocycles. The van der Waals surface area contributed by atoms with E-state index in [0.717, 1.165) is 72.1 Å². The van der Waals surface area contributed by atoms with E-state index in [9.17, 15) is 121 Å². The fourth-order valence-corrected chi connectivity index (χ4v) is 15.9. The van der Waals surface area contributed by atoms with E-state index in [2.05, 4.69) is 35.1 Å². The van der Waals surface area contributed by atoms with Crippen LogP contribution in [0.4, 0.5) is 0 Å². The van der Waals surface area contributed by atoms with Gasteiger partial charge in [0.05, 0.1) is 70.5 Å². The molecule has 6 rings (SSSR count). The number of rotatable bonds is 54. The molecule has 40 heteroatoms. The first kappa shape index (κ1) is 104. The van der Waals surface area contributed by atoms with Gasteiger partial charge < -0.3 is 175 Å². The Morgan fingerprint density at radius 1 is 0.437 bits per heavy atom. The number of aliphatic carboxylic acids is 1. The van der Waals surface area contributed by atoms with Crippen molar-refractivity contribution in [1.29, 1.82) is 0 Å². The molecule has 0 spiro atoms. The number of amides is 4. The Morgan fingerprint density at radius 3 is 1.33 bits per heavy atom. The highest BCUT2D eigenvalue weighted by atomic mass is 16.8. The number of unbranched alkanes of at least 4 members (excludes halogenated alkanes) is 23. The SMILES string of the molecule is CCCCCCCCCCCCC/C=C/[C@@H](O)[C@H](CO[C@@H]1OC(CO)[C@@H](O[C@@H]2OC(CO)[C@H](O[C@@H]3OC(CO)[C@H](O)[C@H](O[C@@H]4OC(CO)[C@H](O[C@@H]5OC(CO)[C@H](O)[C@H](O)C5NC(C)=O)[C@H](O[C@]5(C(=O)O)CC(O)[C@@H](NC(C)=O)C([C@H](O)[C@H](O)CO)O5)C4O)C3NC(C)=O)[C@H](O)C2O)[C@H](O)C1O)NC(=O)CCCCCCCCCCCCCCC. The molecule has 0 radical (unpaired) electrons. The predicted molar refractivity (Wildman–Crippen MR) is 413 cm³/mol. The summed E-state index contributed by atoms with van der Waals surface area (Å²) in [6.07, 6.45) is -28.0. The highest BCUT2D eigenvalue weighted by Crippen LogP contribution is 2.42. The molecule has 40 nitrogen and oxygen atoms in total. The van der Waals surface area contributed by atoms with E-state index in [0.29, 0.717) is 12.8 Å². The standard InChI is InChI=1S/C79H140N4O36/c1-6-8-10-12-14-16-18-20-22-24-26-28-30-32-46(93)45(83-54(96)33-31-29-27-25-23-21-19-17-15-13-11-9-7-2)41-108-75-64(103)62(101)68(51(38-87)111-75)115-76-65(104)63(102)67(52(39-88)112-76)114-74-57(82-44(5)92)70(60(99)50(37-86)110-74)117-77-66(105)72(69(53(40-89)113-77)116-73-56(81-43(4)91)61(100)59(98)49(36-85)109-73)119-79(78(106)107)34-47(94)55(80-42(3)90)71(118-79)58(97)48(95)35-84/h30,32,45-53,55-77,84-89,93-95,97-105H,6-29,31,33-41H2,1-5H3,(H,80,90)(H,81,91)(H,82,92)(H,83,96)(H,106,107)/b32-30+/t45-,46+,47?,48+,49?,50?,51?,52?,53?,55+,56?,57?,58+,59-,60-,61+,62+,63+,64?,65?,66?,67-,68+,69-,70+,71?,72+,73-,74-,75+,76-,77-,79-/m0/s1. The van der Waals surface area contributed by atoms with Crippen molar-refractivity contribution in [1.82, 2.24) is 21.3 Å². The van der Waals surface area contributed by atoms with Crippen molar-refractivity contribution in [3.63, 3.8) is 0 Å². The highest BCUT2D eigenvalue weighted by molar-refractivity contribution is 5.77. The van der Waals surface area contributed by atoms with Gasteiger partial charge in [-0.05, 0) is 19.3 Å². The largest absolute Gasteiger partial charge is 0.477 e. The summed E-state index contributed by atoms with van der Waals surface area (Å²) >= 11 is 0. The van der Waals surface area contributed by atoms with Gasteiger partial charge in [0.25, 0.3) is 5.79 Å². The Bertz CT molecular complexity index is 2920. The third-order valence-corrected chi connectivity index (χ3v) is 22.6. The fraction of sp³-hybridized carbons (Fsp3) is 0.911. The molecule has 6 fully saturated rings. The van der Waals surface area contributed by atoms with Crippen LogP contribution in [-0.4, -0.2) is 375 Å². The second kappa shape index (κ2) is 53.4. The second-order valence-corrected chi connectivity index (χ2v) is 32.1. The zero-order valence-corrected chi connectivity index (χ0v) is 69.1. The average Bonchev–Trinajstić information content (AvgIpc) is 0.749. The minimum atomic E-state index is -3.41. The van der Waals surface area contributed by atoms with Crippen LogP contribution in [0.1, 0.15) is 208 Å². The van der Waals surface area contributed by atoms with Gasteiger partial charge in [0.1, 0.15) is 140 Å². The van der Waals surface area contributed by atoms with E-state index >= 15 is 0 Å². The van der Waals surface area contributed by atoms with E-state index in [1.165, 1.54) is 96.3 Å². The zero-order chi connectivity index (χ0) is 87.6. The van der Waals surface area contributed by atoms with Gasteiger partial charge in [0, 0.05) is 33.6 Å². The molecule has 6 aliphatic heterocycles. The Labute approximate surface area is 694 Å². The number of hydrogen-bond acceptors (Lipinski definition) is 35. The van der Waals surface area contributed by atoms with E-state index < -0.39 is 278 Å². The lowest BCUT2D eigenvalue weighted by Crippen LogP contribution is -2.72. The summed E-state index contributed by atoms with van der Waals surface area (Å²) in [5.74, 6) is -8.69. The van der Waals surface area contributed by atoms with Gasteiger partial charge in [0.15, 0.2) is 31.5 Å². The van der Waals surface area contributed by atoms with Crippen LogP contribution in [0, 0.1) is 0 Å². The molecular formula is C79H140N4O36. The predicted octanol–water partition coefficient (Wildman–Crippen LogP) is -3.85. The number of nitrogens with one attached hydrogen (secondary N) is 4. The minimum absolute atomic E-state index is 0.156. The first-order valence-corrected chi connectivity index (χ1v) is 42.6. The molecule has 0 aromatic heterocycles. The summed E-state index contributed by atoms with van der Waals surface area (Å²) in [5, 5.41) is 224. The number of carbonyl (C=O) groups is 5. The molecule has 23 N–H and O–H groups in total. The van der Waals surface area contributed by atoms with Gasteiger partial charge in [-0.2, -0.15) is 0 Å². The fourth-order valence-electron chi connectivity index (χ4n) is 15.9. The molecular weight excluding hydrogens is 1580 g/mol. The van der Waals surface area contributed by atoms with Crippen LogP contribution in [0.25, 0.3) is 0 Å². The number of allylic oxidation sites excluding steroid dienone is 1. The topological polar surface area (TPSA) is 629 Å². The minimum Gasteiger partial charge on any atom is -0.477 e. The van der Waals surface area contributed by atoms with E-state index in [4.69, 9.17) is 56.8 Å². The average molecular weight is 1720 g/mol. The van der Waals surface area contributed by atoms with Crippen molar-refractivity contribution in [3.8, 4) is 0 Å². The summed E-state index contributed by atoms with van der Waals surface area (Å²) in [7, 11) is 0. The second-order valence-electron chi connectivity index (χ2n) is 32.1. The Morgan fingerprint density at radius 2 is 0.840 bits per heavy atom. The van der Waals surface area contributed by atoms with E-state index in [1.54, 1.807) is 6.08 Å². The number of aliphatic hydroxyl groups excluding tert-OH is 18. The van der Waals surface area contributed by atoms with Gasteiger partial charge in [-0.15, -0.1) is 0 Å². The van der Waals surface area contributed by atoms with Crippen molar-refractivity contribution < 1.29 is 178 Å². The van der Waals surface area contributed by atoms with Crippen molar-refractivity contribution in [3.05, 3.63) is 12.2 Å². The Kier molecular flexibility index (Phi) is 46.5. The number of carboxylic acids is 1. The van der Waals surface area contributed by atoms with Gasteiger partial charge >= 0.3 is 5.97 Å². The molecule has 0 bridgehead atoms. The van der Waals surface area contributed by atoms with Crippen molar-refractivity contribution in [2.24, 2.45) is 0 Å². The summed E-state index contributed by atoms with van der Waals surface area (Å²) in [6.45, 7) is 0.0470. The molecule has 12 unspecified atom stereocenters.